The van der Waals surface area contributed by atoms with Crippen LogP contribution in [0.25, 0.3) is 5.57 Å². The van der Waals surface area contributed by atoms with Crippen molar-refractivity contribution in [2.45, 2.75) is 32.7 Å². The van der Waals surface area contributed by atoms with Gasteiger partial charge in [-0.3, -0.25) is 0 Å². The molecule has 14 heavy (non-hydrogen) atoms. The van der Waals surface area contributed by atoms with E-state index in [1.54, 1.807) is 6.26 Å². The van der Waals surface area contributed by atoms with Crippen molar-refractivity contribution in [3.05, 3.63) is 29.7 Å². The van der Waals surface area contributed by atoms with E-state index in [4.69, 9.17) is 10.2 Å². The van der Waals surface area contributed by atoms with Crippen molar-refractivity contribution in [1.29, 1.82) is 0 Å². The fourth-order valence-corrected chi connectivity index (χ4v) is 1.99. The van der Waals surface area contributed by atoms with Gasteiger partial charge in [0, 0.05) is 5.56 Å². The van der Waals surface area contributed by atoms with Crippen LogP contribution in [0, 0.1) is 5.92 Å². The van der Waals surface area contributed by atoms with Crippen LogP contribution in [0.1, 0.15) is 37.5 Å². The molecule has 2 N–H and O–H groups in total. The molecule has 1 aliphatic rings. The van der Waals surface area contributed by atoms with Crippen LogP contribution in [-0.2, 0) is 6.54 Å². The lowest BCUT2D eigenvalue weighted by atomic mass is 9.88. The fraction of sp³-hybridized carbons (Fsp3) is 0.500. The Kier molecular flexibility index (Phi) is 2.73. The Hall–Kier alpha value is -1.02. The topological polar surface area (TPSA) is 39.2 Å². The summed E-state index contributed by atoms with van der Waals surface area (Å²) in [6.07, 6.45) is 7.69. The molecule has 1 aromatic rings. The number of hydrogen-bond acceptors (Lipinski definition) is 2. The van der Waals surface area contributed by atoms with Gasteiger partial charge in [0.2, 0.25) is 0 Å². The molecular weight excluding hydrogens is 174 g/mol. The van der Waals surface area contributed by atoms with E-state index < -0.39 is 0 Å². The summed E-state index contributed by atoms with van der Waals surface area (Å²) in [5, 5.41) is 0. The van der Waals surface area contributed by atoms with Gasteiger partial charge in [-0.2, -0.15) is 0 Å². The predicted molar refractivity (Wildman–Crippen MR) is 57.6 cm³/mol. The molecule has 1 aliphatic carbocycles. The standard InChI is InChI=1S/C12H17NO/c1-9-2-4-10(5-3-9)11-6-7-14-12(11)8-13/h4,6-7,9H,2-3,5,8,13H2,1H3. The average Bonchev–Trinajstić information content (AvgIpc) is 2.67. The Morgan fingerprint density at radius 1 is 1.57 bits per heavy atom. The van der Waals surface area contributed by atoms with Crippen LogP contribution in [0.2, 0.25) is 0 Å². The van der Waals surface area contributed by atoms with E-state index in [0.29, 0.717) is 6.54 Å². The SMILES string of the molecule is CC1CC=C(c2ccoc2CN)CC1. The molecule has 0 spiro atoms. The minimum atomic E-state index is 0.495. The summed E-state index contributed by atoms with van der Waals surface area (Å²) in [5.41, 5.74) is 8.24. The number of furan rings is 1. The minimum absolute atomic E-state index is 0.495. The Morgan fingerprint density at radius 3 is 3.07 bits per heavy atom. The van der Waals surface area contributed by atoms with E-state index in [1.807, 2.05) is 6.07 Å². The number of allylic oxidation sites excluding steroid dienone is 2. The summed E-state index contributed by atoms with van der Waals surface area (Å²) in [6.45, 7) is 2.79. The lowest BCUT2D eigenvalue weighted by Crippen LogP contribution is -2.03. The molecule has 0 saturated carbocycles. The van der Waals surface area contributed by atoms with Crippen LogP contribution in [0.15, 0.2) is 22.8 Å². The van der Waals surface area contributed by atoms with E-state index >= 15 is 0 Å². The smallest absolute Gasteiger partial charge is 0.124 e. The third-order valence-corrected chi connectivity index (χ3v) is 2.95. The molecule has 0 radical (unpaired) electrons. The fourth-order valence-electron chi connectivity index (χ4n) is 1.99. The zero-order chi connectivity index (χ0) is 9.97. The van der Waals surface area contributed by atoms with Crippen molar-refractivity contribution < 1.29 is 4.42 Å². The first-order valence-corrected chi connectivity index (χ1v) is 5.27. The lowest BCUT2D eigenvalue weighted by Gasteiger charge is -2.17. The van der Waals surface area contributed by atoms with Gasteiger partial charge in [-0.25, -0.2) is 0 Å². The van der Waals surface area contributed by atoms with Gasteiger partial charge >= 0.3 is 0 Å². The number of nitrogens with two attached hydrogens (primary N) is 1. The summed E-state index contributed by atoms with van der Waals surface area (Å²) in [4.78, 5) is 0. The van der Waals surface area contributed by atoms with Crippen molar-refractivity contribution in [3.63, 3.8) is 0 Å². The molecule has 2 rings (SSSR count). The third kappa shape index (κ3) is 1.75. The molecule has 1 atom stereocenters. The van der Waals surface area contributed by atoms with Gasteiger partial charge in [0.15, 0.2) is 0 Å². The lowest BCUT2D eigenvalue weighted by molar-refractivity contribution is 0.508. The molecule has 1 unspecified atom stereocenters. The highest BCUT2D eigenvalue weighted by Crippen LogP contribution is 2.31. The van der Waals surface area contributed by atoms with Gasteiger partial charge in [-0.05, 0) is 36.8 Å². The van der Waals surface area contributed by atoms with Crippen molar-refractivity contribution >= 4 is 5.57 Å². The first-order chi connectivity index (χ1) is 6.81. The summed E-state index contributed by atoms with van der Waals surface area (Å²) in [6, 6.07) is 2.03. The first kappa shape index (κ1) is 9.53. The van der Waals surface area contributed by atoms with Gasteiger partial charge in [-0.1, -0.05) is 13.0 Å². The molecule has 1 heterocycles. The van der Waals surface area contributed by atoms with Crippen molar-refractivity contribution in [2.75, 3.05) is 0 Å². The predicted octanol–water partition coefficient (Wildman–Crippen LogP) is 2.94. The largest absolute Gasteiger partial charge is 0.467 e. The summed E-state index contributed by atoms with van der Waals surface area (Å²) in [7, 11) is 0. The molecule has 2 heteroatoms. The minimum Gasteiger partial charge on any atom is -0.467 e. The van der Waals surface area contributed by atoms with E-state index in [0.717, 1.165) is 18.1 Å². The van der Waals surface area contributed by atoms with E-state index in [1.165, 1.54) is 24.0 Å². The Balaban J connectivity index is 2.23. The zero-order valence-electron chi connectivity index (χ0n) is 8.62. The second kappa shape index (κ2) is 4.01. The molecule has 76 valence electrons. The maximum Gasteiger partial charge on any atom is 0.124 e. The maximum absolute atomic E-state index is 5.61. The monoisotopic (exact) mass is 191 g/mol. The first-order valence-electron chi connectivity index (χ1n) is 5.27. The van der Waals surface area contributed by atoms with E-state index in [9.17, 15) is 0 Å². The van der Waals surface area contributed by atoms with Crippen LogP contribution >= 0.6 is 0 Å². The second-order valence-corrected chi connectivity index (χ2v) is 4.07. The van der Waals surface area contributed by atoms with Crippen LogP contribution in [0.3, 0.4) is 0 Å². The van der Waals surface area contributed by atoms with Crippen LogP contribution in [0.5, 0.6) is 0 Å². The molecule has 2 nitrogen and oxygen atoms in total. The molecule has 0 saturated heterocycles. The molecule has 0 amide bonds. The third-order valence-electron chi connectivity index (χ3n) is 2.95. The van der Waals surface area contributed by atoms with Gasteiger partial charge < -0.3 is 10.2 Å². The highest BCUT2D eigenvalue weighted by Gasteiger charge is 2.15. The quantitative estimate of drug-likeness (QED) is 0.780. The van der Waals surface area contributed by atoms with Gasteiger partial charge in [0.05, 0.1) is 12.8 Å². The summed E-state index contributed by atoms with van der Waals surface area (Å²) in [5.74, 6) is 1.75. The van der Waals surface area contributed by atoms with E-state index in [-0.39, 0.29) is 0 Å². The molecule has 1 aromatic heterocycles. The van der Waals surface area contributed by atoms with Gasteiger partial charge in [0.25, 0.3) is 0 Å². The molecule has 0 aromatic carbocycles. The Labute approximate surface area is 84.8 Å². The van der Waals surface area contributed by atoms with Crippen LogP contribution in [0.4, 0.5) is 0 Å². The zero-order valence-corrected chi connectivity index (χ0v) is 8.62. The Bertz CT molecular complexity index is 338. The van der Waals surface area contributed by atoms with Crippen molar-refractivity contribution in [3.8, 4) is 0 Å². The molecule has 0 aliphatic heterocycles. The molecule has 0 bridgehead atoms. The maximum atomic E-state index is 5.61. The second-order valence-electron chi connectivity index (χ2n) is 4.07. The normalized spacial score (nSPS) is 22.1. The molecule has 0 fully saturated rings. The summed E-state index contributed by atoms with van der Waals surface area (Å²) < 4.78 is 5.33. The summed E-state index contributed by atoms with van der Waals surface area (Å²) >= 11 is 0. The van der Waals surface area contributed by atoms with Gasteiger partial charge in [0.1, 0.15) is 5.76 Å². The average molecular weight is 191 g/mol. The van der Waals surface area contributed by atoms with Gasteiger partial charge in [-0.15, -0.1) is 0 Å². The van der Waals surface area contributed by atoms with E-state index in [2.05, 4.69) is 13.0 Å². The highest BCUT2D eigenvalue weighted by molar-refractivity contribution is 5.67. The number of hydrogen-bond donors (Lipinski definition) is 1. The Morgan fingerprint density at radius 2 is 2.43 bits per heavy atom. The highest BCUT2D eigenvalue weighted by atomic mass is 16.3. The number of rotatable bonds is 2. The molecular formula is C12H17NO. The van der Waals surface area contributed by atoms with Crippen molar-refractivity contribution in [1.82, 2.24) is 0 Å². The van der Waals surface area contributed by atoms with Crippen LogP contribution in [-0.4, -0.2) is 0 Å². The van der Waals surface area contributed by atoms with Crippen molar-refractivity contribution in [2.24, 2.45) is 11.7 Å². The van der Waals surface area contributed by atoms with Crippen LogP contribution < -0.4 is 5.73 Å².